The number of nitrogens with two attached hydrogens (primary N) is 1. The van der Waals surface area contributed by atoms with Crippen molar-refractivity contribution in [1.82, 2.24) is 4.90 Å². The van der Waals surface area contributed by atoms with Crippen LogP contribution in [0.2, 0.25) is 0 Å². The second-order valence-electron chi connectivity index (χ2n) is 2.34. The largest absolute Gasteiger partial charge is 0.484 e. The van der Waals surface area contributed by atoms with Crippen molar-refractivity contribution in [2.45, 2.75) is 6.92 Å². The Balaban J connectivity index is 3.36. The van der Waals surface area contributed by atoms with E-state index in [0.29, 0.717) is 24.7 Å². The number of hydrogen-bond donors (Lipinski definition) is 1. The van der Waals surface area contributed by atoms with E-state index < -0.39 is 0 Å². The van der Waals surface area contributed by atoms with Gasteiger partial charge in [0, 0.05) is 6.54 Å². The zero-order chi connectivity index (χ0) is 8.69. The maximum Gasteiger partial charge on any atom is 0.173 e. The molecular weight excluding hydrogens is 160 g/mol. The molecule has 4 heteroatoms. The summed E-state index contributed by atoms with van der Waals surface area (Å²) in [5.41, 5.74) is 5.24. The van der Waals surface area contributed by atoms with E-state index in [1.807, 2.05) is 7.05 Å². The third-order valence-electron chi connectivity index (χ3n) is 1.32. The molecule has 0 amide bonds. The molecule has 0 aliphatic heterocycles. The molecule has 66 valence electrons. The van der Waals surface area contributed by atoms with Gasteiger partial charge >= 0.3 is 0 Å². The van der Waals surface area contributed by atoms with Crippen molar-refractivity contribution in [2.24, 2.45) is 5.73 Å². The third-order valence-corrected chi connectivity index (χ3v) is 1.57. The SMILES string of the molecule is CCN(C)CC(=S)OCCN. The van der Waals surface area contributed by atoms with Crippen molar-refractivity contribution < 1.29 is 4.74 Å². The minimum atomic E-state index is 0.524. The molecule has 0 aliphatic carbocycles. The van der Waals surface area contributed by atoms with Crippen molar-refractivity contribution in [3.8, 4) is 0 Å². The van der Waals surface area contributed by atoms with E-state index in [2.05, 4.69) is 11.8 Å². The number of ether oxygens (including phenoxy) is 1. The maximum absolute atomic E-state index is 5.24. The first-order chi connectivity index (χ1) is 5.20. The lowest BCUT2D eigenvalue weighted by molar-refractivity contribution is 0.291. The molecule has 0 spiro atoms. The van der Waals surface area contributed by atoms with Gasteiger partial charge in [-0.25, -0.2) is 0 Å². The van der Waals surface area contributed by atoms with Gasteiger partial charge in [-0.05, 0) is 25.8 Å². The fourth-order valence-corrected chi connectivity index (χ4v) is 0.854. The second-order valence-corrected chi connectivity index (χ2v) is 2.79. The summed E-state index contributed by atoms with van der Waals surface area (Å²) in [6.07, 6.45) is 0. The molecule has 0 saturated heterocycles. The highest BCUT2D eigenvalue weighted by atomic mass is 32.1. The predicted molar refractivity (Wildman–Crippen MR) is 50.8 cm³/mol. The van der Waals surface area contributed by atoms with Crippen LogP contribution < -0.4 is 5.73 Å². The summed E-state index contributed by atoms with van der Waals surface area (Å²) in [6.45, 7) is 4.82. The normalized spacial score (nSPS) is 10.2. The van der Waals surface area contributed by atoms with Gasteiger partial charge in [0.2, 0.25) is 0 Å². The van der Waals surface area contributed by atoms with Crippen LogP contribution in [-0.4, -0.2) is 43.2 Å². The minimum absolute atomic E-state index is 0.524. The Morgan fingerprint density at radius 3 is 2.73 bits per heavy atom. The number of thiocarbonyl (C=S) groups is 1. The van der Waals surface area contributed by atoms with Crippen LogP contribution in [0.5, 0.6) is 0 Å². The highest BCUT2D eigenvalue weighted by Gasteiger charge is 1.99. The van der Waals surface area contributed by atoms with Gasteiger partial charge in [-0.1, -0.05) is 6.92 Å². The summed E-state index contributed by atoms with van der Waals surface area (Å²) in [6, 6.07) is 0. The molecule has 0 saturated carbocycles. The molecule has 0 aliphatic rings. The van der Waals surface area contributed by atoms with E-state index in [4.69, 9.17) is 22.7 Å². The molecule has 11 heavy (non-hydrogen) atoms. The highest BCUT2D eigenvalue weighted by molar-refractivity contribution is 7.80. The highest BCUT2D eigenvalue weighted by Crippen LogP contribution is 1.87. The van der Waals surface area contributed by atoms with E-state index >= 15 is 0 Å². The fourth-order valence-electron chi connectivity index (χ4n) is 0.551. The van der Waals surface area contributed by atoms with Crippen molar-refractivity contribution in [2.75, 3.05) is 33.3 Å². The van der Waals surface area contributed by atoms with Crippen molar-refractivity contribution in [3.05, 3.63) is 0 Å². The molecule has 0 unspecified atom stereocenters. The van der Waals surface area contributed by atoms with Crippen LogP contribution >= 0.6 is 12.2 Å². The summed E-state index contributed by atoms with van der Waals surface area (Å²) in [7, 11) is 2.00. The minimum Gasteiger partial charge on any atom is -0.484 e. The Hall–Kier alpha value is -0.190. The van der Waals surface area contributed by atoms with E-state index in [-0.39, 0.29) is 0 Å². The molecule has 0 bridgehead atoms. The van der Waals surface area contributed by atoms with Crippen LogP contribution in [-0.2, 0) is 4.74 Å². The number of rotatable bonds is 5. The van der Waals surface area contributed by atoms with E-state index in [9.17, 15) is 0 Å². The Morgan fingerprint density at radius 1 is 1.64 bits per heavy atom. The Morgan fingerprint density at radius 2 is 2.27 bits per heavy atom. The zero-order valence-corrected chi connectivity index (χ0v) is 7.99. The fraction of sp³-hybridized carbons (Fsp3) is 0.857. The predicted octanol–water partition coefficient (Wildman–Crippen LogP) is 0.241. The quantitative estimate of drug-likeness (QED) is 0.609. The van der Waals surface area contributed by atoms with Crippen LogP contribution in [0.3, 0.4) is 0 Å². The van der Waals surface area contributed by atoms with Gasteiger partial charge in [0.1, 0.15) is 6.61 Å². The molecule has 3 nitrogen and oxygen atoms in total. The second kappa shape index (κ2) is 6.52. The molecule has 2 N–H and O–H groups in total. The summed E-state index contributed by atoms with van der Waals surface area (Å²) < 4.78 is 5.13. The van der Waals surface area contributed by atoms with Crippen molar-refractivity contribution >= 4 is 17.3 Å². The van der Waals surface area contributed by atoms with Crippen molar-refractivity contribution in [1.29, 1.82) is 0 Å². The van der Waals surface area contributed by atoms with Crippen LogP contribution in [0.25, 0.3) is 0 Å². The molecule has 0 fully saturated rings. The maximum atomic E-state index is 5.24. The first-order valence-corrected chi connectivity index (χ1v) is 4.15. The van der Waals surface area contributed by atoms with E-state index in [1.165, 1.54) is 0 Å². The van der Waals surface area contributed by atoms with E-state index in [0.717, 1.165) is 6.54 Å². The topological polar surface area (TPSA) is 38.5 Å². The molecule has 0 rings (SSSR count). The van der Waals surface area contributed by atoms with Crippen molar-refractivity contribution in [3.63, 3.8) is 0 Å². The van der Waals surface area contributed by atoms with Gasteiger partial charge in [-0.3, -0.25) is 4.90 Å². The lowest BCUT2D eigenvalue weighted by Crippen LogP contribution is -2.27. The molecule has 0 heterocycles. The van der Waals surface area contributed by atoms with Gasteiger partial charge in [-0.2, -0.15) is 0 Å². The summed E-state index contributed by atoms with van der Waals surface area (Å²) >= 11 is 4.94. The lowest BCUT2D eigenvalue weighted by Gasteiger charge is -2.14. The third kappa shape index (κ3) is 6.22. The molecule has 0 aromatic carbocycles. The molecule has 0 radical (unpaired) electrons. The first kappa shape index (κ1) is 10.8. The van der Waals surface area contributed by atoms with Gasteiger partial charge in [0.15, 0.2) is 5.05 Å². The zero-order valence-electron chi connectivity index (χ0n) is 7.17. The van der Waals surface area contributed by atoms with Crippen LogP contribution in [0.15, 0.2) is 0 Å². The smallest absolute Gasteiger partial charge is 0.173 e. The van der Waals surface area contributed by atoms with Gasteiger partial charge in [0.25, 0.3) is 0 Å². The van der Waals surface area contributed by atoms with Crippen LogP contribution in [0, 0.1) is 0 Å². The standard InChI is InChI=1S/C7H16N2OS/c1-3-9(2)6-7(11)10-5-4-8/h3-6,8H2,1-2H3. The average Bonchev–Trinajstić information content (AvgIpc) is 2.00. The number of hydrogen-bond acceptors (Lipinski definition) is 4. The summed E-state index contributed by atoms with van der Waals surface area (Å²) in [5, 5.41) is 0.625. The van der Waals surface area contributed by atoms with Gasteiger partial charge in [0.05, 0.1) is 6.54 Å². The van der Waals surface area contributed by atoms with E-state index in [1.54, 1.807) is 0 Å². The Kier molecular flexibility index (Phi) is 6.40. The molecular formula is C7H16N2OS. The van der Waals surface area contributed by atoms with Gasteiger partial charge < -0.3 is 10.5 Å². The average molecular weight is 176 g/mol. The Labute approximate surface area is 73.5 Å². The molecule has 0 atom stereocenters. The monoisotopic (exact) mass is 176 g/mol. The summed E-state index contributed by atoms with van der Waals surface area (Å²) in [4.78, 5) is 2.08. The molecule has 0 aromatic heterocycles. The summed E-state index contributed by atoms with van der Waals surface area (Å²) in [5.74, 6) is 0. The molecule has 0 aromatic rings. The number of likely N-dealkylation sites (N-methyl/N-ethyl adjacent to an activating group) is 1. The first-order valence-electron chi connectivity index (χ1n) is 3.75. The number of nitrogens with zero attached hydrogens (tertiary/aromatic N) is 1. The Bertz CT molecular complexity index is 119. The van der Waals surface area contributed by atoms with Crippen LogP contribution in [0.1, 0.15) is 6.92 Å². The van der Waals surface area contributed by atoms with Crippen LogP contribution in [0.4, 0.5) is 0 Å². The lowest BCUT2D eigenvalue weighted by atomic mass is 10.5. The van der Waals surface area contributed by atoms with Gasteiger partial charge in [-0.15, -0.1) is 0 Å².